The van der Waals surface area contributed by atoms with Crippen LogP contribution in [-0.4, -0.2) is 12.3 Å². The van der Waals surface area contributed by atoms with Gasteiger partial charge in [0.05, 0.1) is 6.54 Å². The van der Waals surface area contributed by atoms with E-state index in [2.05, 4.69) is 15.9 Å². The lowest BCUT2D eigenvalue weighted by atomic mass is 10.1. The lowest BCUT2D eigenvalue weighted by Gasteiger charge is -1.99. The Labute approximate surface area is 83.8 Å². The zero-order valence-corrected chi connectivity index (χ0v) is 8.52. The van der Waals surface area contributed by atoms with Crippen molar-refractivity contribution in [1.29, 1.82) is 0 Å². The molecule has 1 rings (SSSR count). The average molecular weight is 249 g/mol. The van der Waals surface area contributed by atoms with Crippen molar-refractivity contribution in [2.75, 3.05) is 6.54 Å². The van der Waals surface area contributed by atoms with E-state index in [1.54, 1.807) is 18.2 Å². The minimum absolute atomic E-state index is 0.00673. The third-order valence-electron chi connectivity index (χ3n) is 1.37. The molecular formula is C8H7BrClNO. The lowest BCUT2D eigenvalue weighted by Crippen LogP contribution is -2.13. The molecule has 0 radical (unpaired) electrons. The van der Waals surface area contributed by atoms with E-state index in [0.29, 0.717) is 10.6 Å². The largest absolute Gasteiger partial charge is 0.324 e. The minimum Gasteiger partial charge on any atom is -0.324 e. The number of carbonyl (C=O) groups is 1. The molecule has 0 aliphatic rings. The van der Waals surface area contributed by atoms with Crippen molar-refractivity contribution < 1.29 is 4.79 Å². The van der Waals surface area contributed by atoms with Crippen LogP contribution in [0, 0.1) is 0 Å². The number of nitrogens with two attached hydrogens (primary N) is 1. The molecule has 0 aliphatic carbocycles. The van der Waals surface area contributed by atoms with Crippen LogP contribution in [0.2, 0.25) is 5.02 Å². The van der Waals surface area contributed by atoms with Gasteiger partial charge in [0.15, 0.2) is 5.78 Å². The predicted octanol–water partition coefficient (Wildman–Crippen LogP) is 2.24. The number of Topliss-reactive ketones (excluding diaryl/α,β-unsaturated/α-hetero) is 1. The van der Waals surface area contributed by atoms with E-state index in [4.69, 9.17) is 17.3 Å². The Balaban J connectivity index is 3.08. The Morgan fingerprint density at radius 1 is 1.50 bits per heavy atom. The number of benzene rings is 1. The fourth-order valence-corrected chi connectivity index (χ4v) is 1.69. The number of rotatable bonds is 2. The van der Waals surface area contributed by atoms with Crippen LogP contribution in [0.25, 0.3) is 0 Å². The van der Waals surface area contributed by atoms with Crippen molar-refractivity contribution in [3.05, 3.63) is 33.3 Å². The van der Waals surface area contributed by atoms with Crippen LogP contribution in [0.15, 0.2) is 22.7 Å². The highest BCUT2D eigenvalue weighted by molar-refractivity contribution is 9.10. The molecule has 0 amide bonds. The van der Waals surface area contributed by atoms with E-state index < -0.39 is 0 Å². The molecule has 0 aromatic heterocycles. The van der Waals surface area contributed by atoms with E-state index in [9.17, 15) is 4.79 Å². The summed E-state index contributed by atoms with van der Waals surface area (Å²) in [6.07, 6.45) is 0. The van der Waals surface area contributed by atoms with Crippen LogP contribution in [0.4, 0.5) is 0 Å². The zero-order chi connectivity index (χ0) is 9.14. The first-order valence-electron chi connectivity index (χ1n) is 3.33. The molecule has 0 spiro atoms. The first kappa shape index (κ1) is 9.71. The summed E-state index contributed by atoms with van der Waals surface area (Å²) in [5, 5.41) is 0.529. The Hall–Kier alpha value is -0.380. The lowest BCUT2D eigenvalue weighted by molar-refractivity contribution is 0.100. The van der Waals surface area contributed by atoms with Gasteiger partial charge in [0.1, 0.15) is 0 Å². The van der Waals surface area contributed by atoms with Gasteiger partial charge < -0.3 is 5.73 Å². The van der Waals surface area contributed by atoms with Crippen LogP contribution >= 0.6 is 27.5 Å². The highest BCUT2D eigenvalue weighted by Gasteiger charge is 2.04. The van der Waals surface area contributed by atoms with Crippen molar-refractivity contribution in [1.82, 2.24) is 0 Å². The van der Waals surface area contributed by atoms with E-state index in [-0.39, 0.29) is 12.3 Å². The Bertz CT molecular complexity index is 294. The molecule has 12 heavy (non-hydrogen) atoms. The van der Waals surface area contributed by atoms with E-state index in [1.807, 2.05) is 0 Å². The number of hydrogen-bond acceptors (Lipinski definition) is 2. The van der Waals surface area contributed by atoms with Gasteiger partial charge in [-0.2, -0.15) is 0 Å². The standard InChI is InChI=1S/C8H7BrClNO/c9-6-1-5(8(12)4-11)2-7(10)3-6/h1-3H,4,11H2. The molecule has 64 valence electrons. The third kappa shape index (κ3) is 2.30. The molecule has 0 saturated carbocycles. The van der Waals surface area contributed by atoms with Crippen molar-refractivity contribution in [2.24, 2.45) is 5.73 Å². The molecular weight excluding hydrogens is 241 g/mol. The van der Waals surface area contributed by atoms with Gasteiger partial charge in [-0.1, -0.05) is 27.5 Å². The Morgan fingerprint density at radius 3 is 2.67 bits per heavy atom. The molecule has 2 N–H and O–H groups in total. The number of ketones is 1. The molecule has 1 aromatic carbocycles. The fraction of sp³-hybridized carbons (Fsp3) is 0.125. The van der Waals surface area contributed by atoms with Crippen LogP contribution in [-0.2, 0) is 0 Å². The molecule has 1 aromatic rings. The molecule has 0 saturated heterocycles. The van der Waals surface area contributed by atoms with Gasteiger partial charge >= 0.3 is 0 Å². The van der Waals surface area contributed by atoms with Crippen LogP contribution < -0.4 is 5.73 Å². The highest BCUT2D eigenvalue weighted by Crippen LogP contribution is 2.19. The quantitative estimate of drug-likeness (QED) is 0.816. The van der Waals surface area contributed by atoms with Crippen LogP contribution in [0.1, 0.15) is 10.4 Å². The minimum atomic E-state index is -0.113. The number of carbonyl (C=O) groups excluding carboxylic acids is 1. The number of hydrogen-bond donors (Lipinski definition) is 1. The van der Waals surface area contributed by atoms with Gasteiger partial charge in [0, 0.05) is 15.1 Å². The van der Waals surface area contributed by atoms with Gasteiger partial charge in [0.2, 0.25) is 0 Å². The highest BCUT2D eigenvalue weighted by atomic mass is 79.9. The molecule has 0 unspecified atom stereocenters. The first-order valence-corrected chi connectivity index (χ1v) is 4.50. The second-order valence-electron chi connectivity index (χ2n) is 2.29. The maximum absolute atomic E-state index is 11.1. The monoisotopic (exact) mass is 247 g/mol. The van der Waals surface area contributed by atoms with Gasteiger partial charge in [-0.25, -0.2) is 0 Å². The summed E-state index contributed by atoms with van der Waals surface area (Å²) in [7, 11) is 0. The third-order valence-corrected chi connectivity index (χ3v) is 2.05. The molecule has 0 atom stereocenters. The molecule has 0 heterocycles. The summed E-state index contributed by atoms with van der Waals surface area (Å²) < 4.78 is 0.784. The summed E-state index contributed by atoms with van der Waals surface area (Å²) >= 11 is 8.96. The Kier molecular flexibility index (Phi) is 3.26. The SMILES string of the molecule is NCC(=O)c1cc(Cl)cc(Br)c1. The van der Waals surface area contributed by atoms with Gasteiger partial charge in [0.25, 0.3) is 0 Å². The van der Waals surface area contributed by atoms with E-state index in [0.717, 1.165) is 4.47 Å². The first-order chi connectivity index (χ1) is 5.63. The summed E-state index contributed by atoms with van der Waals surface area (Å²) in [5.41, 5.74) is 5.74. The smallest absolute Gasteiger partial charge is 0.176 e. The second kappa shape index (κ2) is 4.03. The Morgan fingerprint density at radius 2 is 2.17 bits per heavy atom. The molecule has 0 aliphatic heterocycles. The van der Waals surface area contributed by atoms with Gasteiger partial charge in [-0.15, -0.1) is 0 Å². The molecule has 0 fully saturated rings. The average Bonchev–Trinajstić information content (AvgIpc) is 2.01. The summed E-state index contributed by atoms with van der Waals surface area (Å²) in [4.78, 5) is 11.1. The summed E-state index contributed by atoms with van der Waals surface area (Å²) in [5.74, 6) is -0.113. The fourth-order valence-electron chi connectivity index (χ4n) is 0.833. The summed E-state index contributed by atoms with van der Waals surface area (Å²) in [6, 6.07) is 5.01. The van der Waals surface area contributed by atoms with Crippen molar-refractivity contribution in [2.45, 2.75) is 0 Å². The molecule has 2 nitrogen and oxygen atoms in total. The van der Waals surface area contributed by atoms with Gasteiger partial charge in [-0.3, -0.25) is 4.79 Å². The van der Waals surface area contributed by atoms with E-state index >= 15 is 0 Å². The maximum atomic E-state index is 11.1. The second-order valence-corrected chi connectivity index (χ2v) is 3.64. The zero-order valence-electron chi connectivity index (χ0n) is 6.18. The normalized spacial score (nSPS) is 9.92. The summed E-state index contributed by atoms with van der Waals surface area (Å²) in [6.45, 7) is 0.00673. The number of halogens is 2. The molecule has 0 bridgehead atoms. The van der Waals surface area contributed by atoms with Crippen LogP contribution in [0.5, 0.6) is 0 Å². The van der Waals surface area contributed by atoms with Crippen molar-refractivity contribution in [3.8, 4) is 0 Å². The molecule has 4 heteroatoms. The predicted molar refractivity (Wildman–Crippen MR) is 52.5 cm³/mol. The van der Waals surface area contributed by atoms with E-state index in [1.165, 1.54) is 0 Å². The van der Waals surface area contributed by atoms with Crippen molar-refractivity contribution >= 4 is 33.3 Å². The topological polar surface area (TPSA) is 43.1 Å². The maximum Gasteiger partial charge on any atom is 0.176 e. The van der Waals surface area contributed by atoms with Crippen molar-refractivity contribution in [3.63, 3.8) is 0 Å². The van der Waals surface area contributed by atoms with Gasteiger partial charge in [-0.05, 0) is 18.2 Å². The van der Waals surface area contributed by atoms with Crippen LogP contribution in [0.3, 0.4) is 0 Å².